The van der Waals surface area contributed by atoms with E-state index in [1.165, 1.54) is 0 Å². The number of aliphatic hydroxyl groups is 4. The number of hydrogen-bond acceptors (Lipinski definition) is 7. The van der Waals surface area contributed by atoms with Gasteiger partial charge in [-0.3, -0.25) is 4.79 Å². The van der Waals surface area contributed by atoms with Crippen LogP contribution in [-0.2, 0) is 20.8 Å². The molecule has 1 aromatic carbocycles. The molecular formula is C19H26N2O7. The van der Waals surface area contributed by atoms with Gasteiger partial charge in [0.05, 0.1) is 13.2 Å². The molecule has 28 heavy (non-hydrogen) atoms. The van der Waals surface area contributed by atoms with Gasteiger partial charge in [0.1, 0.15) is 24.4 Å². The molecule has 154 valence electrons. The predicted molar refractivity (Wildman–Crippen MR) is 99.3 cm³/mol. The maximum Gasteiger partial charge on any atom is 0.221 e. The van der Waals surface area contributed by atoms with Gasteiger partial charge < -0.3 is 39.8 Å². The number of amides is 1. The first-order chi connectivity index (χ1) is 13.5. The van der Waals surface area contributed by atoms with Crippen molar-refractivity contribution in [2.45, 2.75) is 43.7 Å². The summed E-state index contributed by atoms with van der Waals surface area (Å²) in [6, 6.07) is 9.94. The highest BCUT2D eigenvalue weighted by atomic mass is 16.7. The van der Waals surface area contributed by atoms with Gasteiger partial charge in [-0.05, 0) is 17.5 Å². The molecule has 1 saturated heterocycles. The highest BCUT2D eigenvalue weighted by molar-refractivity contribution is 5.80. The van der Waals surface area contributed by atoms with E-state index in [4.69, 9.17) is 14.6 Å². The average molecular weight is 394 g/mol. The first-order valence-electron chi connectivity index (χ1n) is 9.24. The Morgan fingerprint density at radius 3 is 2.71 bits per heavy atom. The van der Waals surface area contributed by atoms with Crippen molar-refractivity contribution < 1.29 is 34.7 Å². The van der Waals surface area contributed by atoms with Gasteiger partial charge in [-0.2, -0.15) is 0 Å². The Bertz CT molecular complexity index is 778. The smallest absolute Gasteiger partial charge is 0.221 e. The van der Waals surface area contributed by atoms with E-state index in [1.807, 2.05) is 41.1 Å². The molecular weight excluding hydrogens is 368 g/mol. The maximum atomic E-state index is 12.0. The summed E-state index contributed by atoms with van der Waals surface area (Å²) >= 11 is 0. The Morgan fingerprint density at radius 1 is 1.14 bits per heavy atom. The molecule has 1 fully saturated rings. The van der Waals surface area contributed by atoms with E-state index in [-0.39, 0.29) is 19.1 Å². The van der Waals surface area contributed by atoms with E-state index in [1.54, 1.807) is 0 Å². The van der Waals surface area contributed by atoms with Gasteiger partial charge in [-0.25, -0.2) is 0 Å². The Kier molecular flexibility index (Phi) is 7.00. The third-order valence-corrected chi connectivity index (χ3v) is 4.81. The van der Waals surface area contributed by atoms with Gasteiger partial charge in [0.25, 0.3) is 0 Å². The molecule has 9 heteroatoms. The van der Waals surface area contributed by atoms with Crippen LogP contribution in [0.4, 0.5) is 0 Å². The number of nitrogens with one attached hydrogen (secondary N) is 1. The Labute approximate surface area is 162 Å². The Morgan fingerprint density at radius 2 is 1.93 bits per heavy atom. The molecule has 9 nitrogen and oxygen atoms in total. The van der Waals surface area contributed by atoms with Crippen LogP contribution in [0.1, 0.15) is 6.42 Å². The lowest BCUT2D eigenvalue weighted by Crippen LogP contribution is -2.59. The molecule has 2 heterocycles. The molecule has 0 unspecified atom stereocenters. The molecule has 1 amide bonds. The fraction of sp³-hybridized carbons (Fsp3) is 0.526. The largest absolute Gasteiger partial charge is 0.394 e. The SMILES string of the molecule is O=C(CCn1ccc2ccccc21)NCCO[C@@H]1O[C@H](CO)[C@H](O)[C@H](O)[C@H]1O. The van der Waals surface area contributed by atoms with Crippen LogP contribution in [0.25, 0.3) is 10.9 Å². The second-order valence-electron chi connectivity index (χ2n) is 6.74. The van der Waals surface area contributed by atoms with Crippen molar-refractivity contribution in [3.8, 4) is 0 Å². The normalized spacial score (nSPS) is 27.8. The van der Waals surface area contributed by atoms with Crippen LogP contribution in [0, 0.1) is 0 Å². The van der Waals surface area contributed by atoms with Crippen LogP contribution in [0.2, 0.25) is 0 Å². The molecule has 1 aliphatic heterocycles. The lowest BCUT2D eigenvalue weighted by atomic mass is 9.99. The average Bonchev–Trinajstić information content (AvgIpc) is 3.12. The number of carbonyl (C=O) groups is 1. The number of benzene rings is 1. The zero-order chi connectivity index (χ0) is 20.1. The summed E-state index contributed by atoms with van der Waals surface area (Å²) in [4.78, 5) is 12.0. The number of carbonyl (C=O) groups excluding carboxylic acids is 1. The fourth-order valence-electron chi connectivity index (χ4n) is 3.22. The van der Waals surface area contributed by atoms with Crippen molar-refractivity contribution >= 4 is 16.8 Å². The zero-order valence-corrected chi connectivity index (χ0v) is 15.3. The number of nitrogens with zero attached hydrogens (tertiary/aromatic N) is 1. The van der Waals surface area contributed by atoms with Gasteiger partial charge >= 0.3 is 0 Å². The summed E-state index contributed by atoms with van der Waals surface area (Å²) in [5.41, 5.74) is 1.07. The first kappa shape index (κ1) is 20.7. The van der Waals surface area contributed by atoms with E-state index in [2.05, 4.69) is 5.32 Å². The second-order valence-corrected chi connectivity index (χ2v) is 6.74. The van der Waals surface area contributed by atoms with Crippen molar-refractivity contribution in [1.82, 2.24) is 9.88 Å². The van der Waals surface area contributed by atoms with Gasteiger partial charge in [0, 0.05) is 31.2 Å². The second kappa shape index (κ2) is 9.46. The number of aliphatic hydroxyl groups excluding tert-OH is 4. The lowest BCUT2D eigenvalue weighted by Gasteiger charge is -2.39. The van der Waals surface area contributed by atoms with Gasteiger partial charge in [-0.15, -0.1) is 0 Å². The molecule has 5 N–H and O–H groups in total. The molecule has 3 rings (SSSR count). The Balaban J connectivity index is 1.38. The third kappa shape index (κ3) is 4.69. The molecule has 2 aromatic rings. The minimum Gasteiger partial charge on any atom is -0.394 e. The fourth-order valence-corrected chi connectivity index (χ4v) is 3.22. The molecule has 1 aliphatic rings. The van der Waals surface area contributed by atoms with E-state index in [9.17, 15) is 20.1 Å². The van der Waals surface area contributed by atoms with Crippen LogP contribution in [0.3, 0.4) is 0 Å². The first-order valence-corrected chi connectivity index (χ1v) is 9.24. The molecule has 0 aliphatic carbocycles. The van der Waals surface area contributed by atoms with Crippen LogP contribution in [0.15, 0.2) is 36.5 Å². The van der Waals surface area contributed by atoms with E-state index < -0.39 is 37.3 Å². The standard InChI is InChI=1S/C19H26N2O7/c22-11-14-16(24)17(25)18(26)19(28-14)27-10-7-20-15(23)6-9-21-8-5-12-3-1-2-4-13(12)21/h1-5,8,14,16-19,22,24-26H,6-7,9-11H2,(H,20,23)/t14-,16+,17+,18-,19-/m1/s1. The molecule has 0 spiro atoms. The number of fused-ring (bicyclic) bond motifs is 1. The van der Waals surface area contributed by atoms with Gasteiger partial charge in [-0.1, -0.05) is 18.2 Å². The van der Waals surface area contributed by atoms with Crippen molar-refractivity contribution in [2.75, 3.05) is 19.8 Å². The highest BCUT2D eigenvalue weighted by Crippen LogP contribution is 2.21. The maximum absolute atomic E-state index is 12.0. The van der Waals surface area contributed by atoms with Crippen LogP contribution < -0.4 is 5.32 Å². The van der Waals surface area contributed by atoms with Crippen LogP contribution >= 0.6 is 0 Å². The van der Waals surface area contributed by atoms with Crippen LogP contribution in [-0.4, -0.2) is 81.4 Å². The van der Waals surface area contributed by atoms with E-state index in [0.29, 0.717) is 13.0 Å². The molecule has 1 aromatic heterocycles. The van der Waals surface area contributed by atoms with Gasteiger partial charge in [0.2, 0.25) is 5.91 Å². The molecule has 0 bridgehead atoms. The summed E-state index contributed by atoms with van der Waals surface area (Å²) in [7, 11) is 0. The summed E-state index contributed by atoms with van der Waals surface area (Å²) in [6.07, 6.45) is -4.33. The van der Waals surface area contributed by atoms with E-state index >= 15 is 0 Å². The molecule has 0 saturated carbocycles. The number of aromatic nitrogens is 1. The number of hydrogen-bond donors (Lipinski definition) is 5. The summed E-state index contributed by atoms with van der Waals surface area (Å²) in [6.45, 7) is 0.268. The zero-order valence-electron chi connectivity index (χ0n) is 15.3. The number of para-hydroxylation sites is 1. The number of rotatable bonds is 8. The summed E-state index contributed by atoms with van der Waals surface area (Å²) < 4.78 is 12.6. The van der Waals surface area contributed by atoms with Crippen LogP contribution in [0.5, 0.6) is 0 Å². The van der Waals surface area contributed by atoms with Crippen molar-refractivity contribution in [3.63, 3.8) is 0 Å². The lowest BCUT2D eigenvalue weighted by molar-refractivity contribution is -0.300. The minimum absolute atomic E-state index is 0.0425. The third-order valence-electron chi connectivity index (χ3n) is 4.81. The Hall–Kier alpha value is -2.01. The molecule has 5 atom stereocenters. The van der Waals surface area contributed by atoms with Crippen molar-refractivity contribution in [3.05, 3.63) is 36.5 Å². The van der Waals surface area contributed by atoms with Crippen molar-refractivity contribution in [2.24, 2.45) is 0 Å². The monoisotopic (exact) mass is 394 g/mol. The van der Waals surface area contributed by atoms with E-state index in [0.717, 1.165) is 10.9 Å². The quantitative estimate of drug-likeness (QED) is 0.361. The highest BCUT2D eigenvalue weighted by Gasteiger charge is 2.43. The molecule has 0 radical (unpaired) electrons. The van der Waals surface area contributed by atoms with Gasteiger partial charge in [0.15, 0.2) is 6.29 Å². The topological polar surface area (TPSA) is 133 Å². The minimum atomic E-state index is -1.48. The van der Waals surface area contributed by atoms with Crippen molar-refractivity contribution in [1.29, 1.82) is 0 Å². The number of ether oxygens (including phenoxy) is 2. The predicted octanol–water partition coefficient (Wildman–Crippen LogP) is -1.04. The summed E-state index contributed by atoms with van der Waals surface area (Å²) in [5.74, 6) is -0.143. The number of aryl methyl sites for hydroxylation is 1. The summed E-state index contributed by atoms with van der Waals surface area (Å²) in [5, 5.41) is 42.3.